The van der Waals surface area contributed by atoms with Crippen LogP contribution in [-0.4, -0.2) is 34.0 Å². The molecule has 5 nitrogen and oxygen atoms in total. The fourth-order valence-electron chi connectivity index (χ4n) is 5.32. The predicted molar refractivity (Wildman–Crippen MR) is 129 cm³/mol. The number of hydrogen-bond donors (Lipinski definition) is 2. The Morgan fingerprint density at radius 3 is 2.11 bits per heavy atom. The highest BCUT2D eigenvalue weighted by atomic mass is 19.2. The molecule has 1 saturated heterocycles. The lowest BCUT2D eigenvalue weighted by Gasteiger charge is -2.53. The van der Waals surface area contributed by atoms with E-state index in [1.165, 1.54) is 18.2 Å². The normalized spacial score (nSPS) is 16.2. The second-order valence-corrected chi connectivity index (χ2v) is 9.53. The summed E-state index contributed by atoms with van der Waals surface area (Å²) in [5.74, 6) is -2.88. The molecule has 2 fully saturated rings. The van der Waals surface area contributed by atoms with Crippen LogP contribution >= 0.6 is 0 Å². The number of rotatable bonds is 3. The van der Waals surface area contributed by atoms with Crippen molar-refractivity contribution in [3.8, 4) is 16.9 Å². The average Bonchev–Trinajstić information content (AvgIpc) is 3.07. The Balaban J connectivity index is 0.000000286. The van der Waals surface area contributed by atoms with E-state index in [2.05, 4.69) is 0 Å². The van der Waals surface area contributed by atoms with Gasteiger partial charge < -0.3 is 19.5 Å². The number of carboxylic acid groups (broad SMARTS) is 1. The Morgan fingerprint density at radius 1 is 1.00 bits per heavy atom. The number of hydrogen-bond acceptors (Lipinski definition) is 3. The minimum atomic E-state index is -0.986. The lowest BCUT2D eigenvalue weighted by molar-refractivity contribution is -0.165. The number of benzene rings is 3. The molecule has 36 heavy (non-hydrogen) atoms. The van der Waals surface area contributed by atoms with Crippen LogP contribution in [0.15, 0.2) is 60.7 Å². The highest BCUT2D eigenvalue weighted by molar-refractivity contribution is 6.02. The summed E-state index contributed by atoms with van der Waals surface area (Å²) in [6.45, 7) is 1.58. The van der Waals surface area contributed by atoms with Crippen LogP contribution in [0.25, 0.3) is 22.0 Å². The molecule has 0 bridgehead atoms. The Bertz CT molecular complexity index is 1430. The minimum absolute atomic E-state index is 0.102. The van der Waals surface area contributed by atoms with Gasteiger partial charge in [-0.15, -0.1) is 0 Å². The number of carboxylic acids is 1. The number of aromatic carboxylic acids is 1. The lowest BCUT2D eigenvalue weighted by Crippen LogP contribution is -2.51. The summed E-state index contributed by atoms with van der Waals surface area (Å²) in [6, 6.07) is 14.2. The maximum atomic E-state index is 14.0. The molecule has 0 atom stereocenters. The van der Waals surface area contributed by atoms with Crippen molar-refractivity contribution < 1.29 is 32.9 Å². The second-order valence-electron chi connectivity index (χ2n) is 9.53. The first-order valence-electron chi connectivity index (χ1n) is 11.5. The van der Waals surface area contributed by atoms with Gasteiger partial charge in [-0.1, -0.05) is 24.3 Å². The van der Waals surface area contributed by atoms with Crippen molar-refractivity contribution in [2.75, 3.05) is 13.2 Å². The van der Waals surface area contributed by atoms with Crippen molar-refractivity contribution in [3.63, 3.8) is 0 Å². The molecule has 1 aliphatic carbocycles. The van der Waals surface area contributed by atoms with Gasteiger partial charge >= 0.3 is 5.97 Å². The monoisotopic (exact) mass is 495 g/mol. The van der Waals surface area contributed by atoms with Crippen LogP contribution in [0.3, 0.4) is 0 Å². The Labute approximate surface area is 205 Å². The minimum Gasteiger partial charge on any atom is -0.507 e. The average molecular weight is 495 g/mol. The molecular formula is C28H24F3NO4. The van der Waals surface area contributed by atoms with E-state index in [-0.39, 0.29) is 22.6 Å². The number of aryl methyl sites for hydroxylation is 1. The van der Waals surface area contributed by atoms with Crippen molar-refractivity contribution in [2.24, 2.45) is 12.5 Å². The largest absolute Gasteiger partial charge is 0.507 e. The first-order valence-corrected chi connectivity index (χ1v) is 11.5. The van der Waals surface area contributed by atoms with Gasteiger partial charge in [0.1, 0.15) is 11.6 Å². The third-order valence-electron chi connectivity index (χ3n) is 7.10. The summed E-state index contributed by atoms with van der Waals surface area (Å²) >= 11 is 0. The molecule has 4 aromatic rings. The van der Waals surface area contributed by atoms with Crippen LogP contribution in [0, 0.1) is 22.9 Å². The molecule has 2 heterocycles. The lowest BCUT2D eigenvalue weighted by atomic mass is 9.59. The molecule has 2 aliphatic rings. The van der Waals surface area contributed by atoms with Gasteiger partial charge in [0.2, 0.25) is 0 Å². The molecule has 8 heteroatoms. The van der Waals surface area contributed by atoms with Gasteiger partial charge in [0, 0.05) is 41.1 Å². The molecule has 1 aliphatic heterocycles. The van der Waals surface area contributed by atoms with E-state index in [0.717, 1.165) is 61.1 Å². The maximum Gasteiger partial charge on any atom is 0.335 e. The topological polar surface area (TPSA) is 71.7 Å². The summed E-state index contributed by atoms with van der Waals surface area (Å²) in [5, 5.41) is 20.3. The zero-order valence-corrected chi connectivity index (χ0v) is 19.5. The van der Waals surface area contributed by atoms with E-state index in [9.17, 15) is 28.2 Å². The fraction of sp³-hybridized carbons (Fsp3) is 0.250. The first-order chi connectivity index (χ1) is 17.2. The predicted octanol–water partition coefficient (Wildman–Crippen LogP) is 6.25. The van der Waals surface area contributed by atoms with E-state index < -0.39 is 23.4 Å². The summed E-state index contributed by atoms with van der Waals surface area (Å²) in [5.41, 5.74) is 3.83. The molecule has 3 aromatic carbocycles. The number of carbonyl (C=O) groups is 1. The first kappa shape index (κ1) is 23.9. The van der Waals surface area contributed by atoms with Gasteiger partial charge in [-0.25, -0.2) is 18.0 Å². The Hall–Kier alpha value is -3.78. The zero-order valence-electron chi connectivity index (χ0n) is 19.5. The fourth-order valence-corrected chi connectivity index (χ4v) is 5.32. The number of phenols is 1. The standard InChI is InChI=1S/C22H20FNO4.C6H4F2/c1-24-16-6-15(23)7-17(25)19(16)18(12-2-4-13(5-3-12)21(26)27)20(24)14-8-22(9-14)10-28-11-22;7-5-3-1-2-4-6(5)8/h2-7,14,25H,8-11H2,1H3,(H,26,27);1-4H. The molecule has 1 spiro atoms. The zero-order chi connectivity index (χ0) is 25.6. The van der Waals surface area contributed by atoms with Gasteiger partial charge in [-0.2, -0.15) is 0 Å². The summed E-state index contributed by atoms with van der Waals surface area (Å²) < 4.78 is 45.2. The van der Waals surface area contributed by atoms with Gasteiger partial charge in [-0.3, -0.25) is 0 Å². The summed E-state index contributed by atoms with van der Waals surface area (Å²) in [6.07, 6.45) is 2.00. The third-order valence-corrected chi connectivity index (χ3v) is 7.10. The Kier molecular flexibility index (Phi) is 6.00. The van der Waals surface area contributed by atoms with Crippen molar-refractivity contribution in [1.29, 1.82) is 0 Å². The third kappa shape index (κ3) is 4.11. The molecule has 0 amide bonds. The highest BCUT2D eigenvalue weighted by Crippen LogP contribution is 2.58. The summed E-state index contributed by atoms with van der Waals surface area (Å²) in [4.78, 5) is 11.2. The number of fused-ring (bicyclic) bond motifs is 1. The SMILES string of the molecule is Cn1c(C2CC3(COC3)C2)c(-c2ccc(C(=O)O)cc2)c2c(O)cc(F)cc21.Fc1ccccc1F. The van der Waals surface area contributed by atoms with Crippen LogP contribution in [0.4, 0.5) is 13.2 Å². The quantitative estimate of drug-likeness (QED) is 0.353. The maximum absolute atomic E-state index is 14.0. The van der Waals surface area contributed by atoms with Gasteiger partial charge in [-0.05, 0) is 48.7 Å². The molecule has 0 unspecified atom stereocenters. The van der Waals surface area contributed by atoms with Crippen LogP contribution in [0.2, 0.25) is 0 Å². The van der Waals surface area contributed by atoms with E-state index in [4.69, 9.17) is 4.74 Å². The van der Waals surface area contributed by atoms with Crippen LogP contribution in [0.5, 0.6) is 5.75 Å². The van der Waals surface area contributed by atoms with Gasteiger partial charge in [0.25, 0.3) is 0 Å². The molecule has 1 aromatic heterocycles. The second kappa shape index (κ2) is 9.02. The van der Waals surface area contributed by atoms with Gasteiger partial charge in [0.05, 0.1) is 24.3 Å². The van der Waals surface area contributed by atoms with Crippen molar-refractivity contribution in [1.82, 2.24) is 4.57 Å². The smallest absolute Gasteiger partial charge is 0.335 e. The number of aromatic hydroxyl groups is 1. The molecule has 186 valence electrons. The molecule has 1 saturated carbocycles. The van der Waals surface area contributed by atoms with Crippen molar-refractivity contribution >= 4 is 16.9 Å². The number of aromatic nitrogens is 1. The van der Waals surface area contributed by atoms with E-state index >= 15 is 0 Å². The number of halogens is 3. The van der Waals surface area contributed by atoms with Crippen molar-refractivity contribution in [2.45, 2.75) is 18.8 Å². The van der Waals surface area contributed by atoms with E-state index in [1.54, 1.807) is 24.3 Å². The van der Waals surface area contributed by atoms with E-state index in [1.807, 2.05) is 11.6 Å². The van der Waals surface area contributed by atoms with Crippen LogP contribution in [-0.2, 0) is 11.8 Å². The Morgan fingerprint density at radius 2 is 1.61 bits per heavy atom. The van der Waals surface area contributed by atoms with E-state index in [0.29, 0.717) is 10.9 Å². The van der Waals surface area contributed by atoms with Crippen molar-refractivity contribution in [3.05, 3.63) is 89.4 Å². The van der Waals surface area contributed by atoms with Gasteiger partial charge in [0.15, 0.2) is 11.6 Å². The summed E-state index contributed by atoms with van der Waals surface area (Å²) in [7, 11) is 1.90. The number of phenolic OH excluding ortho intramolecular Hbond substituents is 1. The molecule has 0 radical (unpaired) electrons. The molecular weight excluding hydrogens is 471 g/mol. The molecule has 6 rings (SSSR count). The van der Waals surface area contributed by atoms with Crippen LogP contribution in [0.1, 0.15) is 34.8 Å². The van der Waals surface area contributed by atoms with Crippen LogP contribution < -0.4 is 0 Å². The number of nitrogens with zero attached hydrogens (tertiary/aromatic N) is 1. The highest BCUT2D eigenvalue weighted by Gasteiger charge is 2.51. The molecule has 2 N–H and O–H groups in total. The number of ether oxygens (including phenoxy) is 1.